The van der Waals surface area contributed by atoms with E-state index >= 15 is 0 Å². The second kappa shape index (κ2) is 8.76. The first-order valence-corrected chi connectivity index (χ1v) is 19.1. The van der Waals surface area contributed by atoms with Crippen LogP contribution in [0.2, 0.25) is 19.6 Å². The molecule has 4 fully saturated rings. The summed E-state index contributed by atoms with van der Waals surface area (Å²) in [5, 5.41) is 1.62. The molecule has 0 saturated heterocycles. The quantitative estimate of drug-likeness (QED) is 0.287. The molecule has 1 aromatic carbocycles. The molecule has 4 aliphatic rings. The Morgan fingerprint density at radius 3 is 2.12 bits per heavy atom. The van der Waals surface area contributed by atoms with E-state index in [2.05, 4.69) is 93.7 Å². The van der Waals surface area contributed by atoms with Gasteiger partial charge in [-0.05, 0) is 111 Å². The van der Waals surface area contributed by atoms with Crippen molar-refractivity contribution in [2.24, 2.45) is 23.7 Å². The smallest absolute Gasteiger partial charge is 0.0776 e. The summed E-state index contributed by atoms with van der Waals surface area (Å²) >= 11 is 0. The van der Waals surface area contributed by atoms with Gasteiger partial charge in [0.1, 0.15) is 0 Å². The summed E-state index contributed by atoms with van der Waals surface area (Å²) in [5.41, 5.74) is 6.55. The molecule has 4 bridgehead atoms. The monoisotopic (exact) mass is 506 g/mol. The van der Waals surface area contributed by atoms with E-state index in [0.717, 1.165) is 29.8 Å². The first-order chi connectivity index (χ1) is 16.4. The van der Waals surface area contributed by atoms with E-state index < -0.39 is 16.0 Å². The van der Waals surface area contributed by atoms with Crippen molar-refractivity contribution in [1.29, 1.82) is 0 Å². The topological polar surface area (TPSA) is 31.6 Å². The highest BCUT2D eigenvalue weighted by Gasteiger charge is 2.57. The summed E-state index contributed by atoms with van der Waals surface area (Å²) in [5.74, 6) is 3.71. The average molecular weight is 507 g/mol. The molecule has 2 N–H and O–H groups in total. The molecule has 0 radical (unpaired) electrons. The maximum absolute atomic E-state index is 3.58. The van der Waals surface area contributed by atoms with Crippen LogP contribution in [-0.2, 0) is 11.6 Å². The highest BCUT2D eigenvalue weighted by molar-refractivity contribution is 7.71. The van der Waals surface area contributed by atoms with Crippen LogP contribution in [0.5, 0.6) is 0 Å². The van der Waals surface area contributed by atoms with Crippen LogP contribution in [0.3, 0.4) is 0 Å². The lowest BCUT2D eigenvalue weighted by Crippen LogP contribution is -2.56. The number of H-pyrrole nitrogens is 2. The molecule has 2 heterocycles. The molecule has 2 aromatic heterocycles. The fourth-order valence-electron chi connectivity index (χ4n) is 8.11. The molecule has 4 atom stereocenters. The van der Waals surface area contributed by atoms with Crippen LogP contribution in [0, 0.1) is 23.7 Å². The van der Waals surface area contributed by atoms with Crippen LogP contribution >= 0.6 is 17.2 Å². The Labute approximate surface area is 210 Å². The van der Waals surface area contributed by atoms with Gasteiger partial charge in [0.15, 0.2) is 0 Å². The number of aromatic nitrogens is 2. The molecule has 2 nitrogen and oxygen atoms in total. The molecule has 0 aliphatic heterocycles. The Hall–Kier alpha value is -1.14. The van der Waals surface area contributed by atoms with Crippen LogP contribution in [0.25, 0.3) is 0 Å². The van der Waals surface area contributed by atoms with Crippen molar-refractivity contribution in [2.75, 3.05) is 6.16 Å². The summed E-state index contributed by atoms with van der Waals surface area (Å²) in [6.07, 6.45) is 13.9. The van der Waals surface area contributed by atoms with E-state index in [1.54, 1.807) is 16.3 Å². The van der Waals surface area contributed by atoms with Gasteiger partial charge in [-0.25, -0.2) is 0 Å². The Bertz CT molecular complexity index is 1080. The maximum Gasteiger partial charge on any atom is 0.0776 e. The number of rotatable bonds is 7. The standard InChI is InChI=1S/C29H40N2P2Si/c1-34(2,3)24-8-9-25(29-16-20-12-21(17-29)14-22(13-20)26(29)18-32)23(15-24)19-33(27-6-4-10-30-27)28-7-5-11-31-28/h4-11,15,20-22,26,30-31H,12-14,16-19,32H2,1-3H3. The Morgan fingerprint density at radius 2 is 1.59 bits per heavy atom. The van der Waals surface area contributed by atoms with Gasteiger partial charge < -0.3 is 9.97 Å². The Morgan fingerprint density at radius 1 is 0.941 bits per heavy atom. The summed E-state index contributed by atoms with van der Waals surface area (Å²) in [4.78, 5) is 7.16. The second-order valence-electron chi connectivity index (χ2n) is 12.4. The van der Waals surface area contributed by atoms with E-state index in [9.17, 15) is 0 Å². The van der Waals surface area contributed by atoms with Crippen molar-refractivity contribution in [3.8, 4) is 0 Å². The summed E-state index contributed by atoms with van der Waals surface area (Å²) in [6, 6.07) is 16.7. The zero-order valence-corrected chi connectivity index (χ0v) is 24.0. The summed E-state index contributed by atoms with van der Waals surface area (Å²) < 4.78 is 0. The fourth-order valence-corrected chi connectivity index (χ4v) is 12.3. The summed E-state index contributed by atoms with van der Waals surface area (Å²) in [7, 11) is 1.29. The highest BCUT2D eigenvalue weighted by atomic mass is 31.1. The predicted molar refractivity (Wildman–Crippen MR) is 154 cm³/mol. The van der Waals surface area contributed by atoms with Gasteiger partial charge in [-0.1, -0.05) is 43.0 Å². The van der Waals surface area contributed by atoms with Crippen LogP contribution < -0.4 is 16.1 Å². The fraction of sp³-hybridized carbons (Fsp3) is 0.517. The van der Waals surface area contributed by atoms with E-state index in [-0.39, 0.29) is 0 Å². The molecule has 34 heavy (non-hydrogen) atoms. The Kier molecular flexibility index (Phi) is 5.99. The van der Waals surface area contributed by atoms with Crippen molar-refractivity contribution in [1.82, 2.24) is 9.97 Å². The van der Waals surface area contributed by atoms with Crippen LogP contribution in [0.15, 0.2) is 54.9 Å². The third-order valence-corrected chi connectivity index (χ3v) is 14.3. The molecule has 5 heteroatoms. The van der Waals surface area contributed by atoms with Crippen molar-refractivity contribution in [2.45, 2.75) is 63.3 Å². The lowest BCUT2D eigenvalue weighted by Gasteiger charge is -2.62. The molecular formula is C29H40N2P2Si. The Balaban J connectivity index is 1.49. The largest absolute Gasteiger partial charge is 0.361 e. The molecule has 4 aliphatic carbocycles. The first-order valence-electron chi connectivity index (χ1n) is 13.3. The molecule has 0 spiro atoms. The first kappa shape index (κ1) is 23.3. The van der Waals surface area contributed by atoms with Crippen LogP contribution in [0.4, 0.5) is 0 Å². The number of hydrogen-bond acceptors (Lipinski definition) is 0. The minimum Gasteiger partial charge on any atom is -0.361 e. The molecule has 7 rings (SSSR count). The number of benzene rings is 1. The van der Waals surface area contributed by atoms with E-state index in [1.807, 2.05) is 0 Å². The van der Waals surface area contributed by atoms with E-state index in [4.69, 9.17) is 0 Å². The van der Waals surface area contributed by atoms with E-state index in [1.165, 1.54) is 49.1 Å². The zero-order chi connectivity index (χ0) is 23.5. The molecule has 4 saturated carbocycles. The molecule has 4 unspecified atom stereocenters. The van der Waals surface area contributed by atoms with Gasteiger partial charge in [0.2, 0.25) is 0 Å². The number of nitrogens with one attached hydrogen (secondary N) is 2. The van der Waals surface area contributed by atoms with E-state index in [0.29, 0.717) is 5.41 Å². The minimum atomic E-state index is -1.40. The molecule has 180 valence electrons. The normalized spacial score (nSPS) is 30.4. The van der Waals surface area contributed by atoms with Gasteiger partial charge in [-0.3, -0.25) is 0 Å². The van der Waals surface area contributed by atoms with Crippen LogP contribution in [0.1, 0.15) is 43.2 Å². The molecule has 0 amide bonds. The number of hydrogen-bond donors (Lipinski definition) is 2. The van der Waals surface area contributed by atoms with Gasteiger partial charge in [0, 0.05) is 29.4 Å². The van der Waals surface area contributed by atoms with Gasteiger partial charge >= 0.3 is 0 Å². The summed E-state index contributed by atoms with van der Waals surface area (Å²) in [6.45, 7) is 7.50. The lowest BCUT2D eigenvalue weighted by atomic mass is 9.43. The zero-order valence-electron chi connectivity index (χ0n) is 21.0. The molecular weight excluding hydrogens is 466 g/mol. The van der Waals surface area contributed by atoms with Crippen LogP contribution in [-0.4, -0.2) is 24.2 Å². The van der Waals surface area contributed by atoms with Crippen molar-refractivity contribution in [3.05, 3.63) is 66.0 Å². The van der Waals surface area contributed by atoms with Gasteiger partial charge in [-0.2, -0.15) is 0 Å². The number of aromatic amines is 2. The average Bonchev–Trinajstić information content (AvgIpc) is 3.51. The third-order valence-electron chi connectivity index (χ3n) is 9.36. The highest BCUT2D eigenvalue weighted by Crippen LogP contribution is 2.64. The predicted octanol–water partition coefficient (Wildman–Crippen LogP) is 6.09. The van der Waals surface area contributed by atoms with Crippen molar-refractivity contribution in [3.63, 3.8) is 0 Å². The van der Waals surface area contributed by atoms with Gasteiger partial charge in [0.25, 0.3) is 0 Å². The van der Waals surface area contributed by atoms with Crippen molar-refractivity contribution >= 4 is 41.3 Å². The third kappa shape index (κ3) is 3.91. The maximum atomic E-state index is 3.58. The van der Waals surface area contributed by atoms with Gasteiger partial charge in [-0.15, -0.1) is 9.24 Å². The van der Waals surface area contributed by atoms with Gasteiger partial charge in [0.05, 0.1) is 8.07 Å². The lowest BCUT2D eigenvalue weighted by molar-refractivity contribution is -0.0520. The minimum absolute atomic E-state index is 0.399. The molecule has 3 aromatic rings. The SMILES string of the molecule is C[Si](C)(C)c1ccc(C23CC4CC(CC(C4)C2CP)C3)c(CP(c2ccc[nH]2)c2ccc[nH]2)c1. The second-order valence-corrected chi connectivity index (χ2v) is 20.1. The van der Waals surface area contributed by atoms with Crippen molar-refractivity contribution < 1.29 is 0 Å².